The van der Waals surface area contributed by atoms with Gasteiger partial charge in [0.1, 0.15) is 11.2 Å². The van der Waals surface area contributed by atoms with Gasteiger partial charge >= 0.3 is 0 Å². The number of oxazole rings is 1. The van der Waals surface area contributed by atoms with E-state index in [-0.39, 0.29) is 17.3 Å². The number of hydrogen-bond donors (Lipinski definition) is 1. The standard InChI is InChI=1S/C20H17F2N3O2/c21-14-11-13(12-15(22)20(14)25-9-3-4-10-25)23-18(26)7-8-19-24-16-5-1-2-6-17(16)27-19/h1-2,5-8,11-12H,3-4,9-10H2,(H,23,26)/b8-7+. The molecule has 0 atom stereocenters. The summed E-state index contributed by atoms with van der Waals surface area (Å²) in [6.45, 7) is 1.26. The number of rotatable bonds is 4. The molecule has 138 valence electrons. The number of hydrogen-bond acceptors (Lipinski definition) is 4. The van der Waals surface area contributed by atoms with E-state index < -0.39 is 17.5 Å². The highest BCUT2D eigenvalue weighted by molar-refractivity contribution is 6.01. The number of halogens is 2. The smallest absolute Gasteiger partial charge is 0.248 e. The molecule has 3 aromatic rings. The zero-order valence-corrected chi connectivity index (χ0v) is 14.4. The molecule has 1 saturated heterocycles. The van der Waals surface area contributed by atoms with Gasteiger partial charge in [0.15, 0.2) is 17.2 Å². The fraction of sp³-hybridized carbons (Fsp3) is 0.200. The minimum Gasteiger partial charge on any atom is -0.437 e. The summed E-state index contributed by atoms with van der Waals surface area (Å²) in [5.41, 5.74) is 1.31. The number of nitrogens with zero attached hydrogens (tertiary/aromatic N) is 2. The second-order valence-electron chi connectivity index (χ2n) is 6.33. The molecule has 1 aromatic heterocycles. The second kappa shape index (κ2) is 7.19. The van der Waals surface area contributed by atoms with E-state index in [9.17, 15) is 13.6 Å². The van der Waals surface area contributed by atoms with E-state index in [1.165, 1.54) is 12.2 Å². The predicted molar refractivity (Wildman–Crippen MR) is 99.5 cm³/mol. The fourth-order valence-electron chi connectivity index (χ4n) is 3.17. The van der Waals surface area contributed by atoms with E-state index in [1.54, 1.807) is 17.0 Å². The number of anilines is 2. The molecule has 5 nitrogen and oxygen atoms in total. The molecule has 2 aromatic carbocycles. The van der Waals surface area contributed by atoms with Crippen LogP contribution in [0.2, 0.25) is 0 Å². The molecule has 1 amide bonds. The lowest BCUT2D eigenvalue weighted by molar-refractivity contribution is -0.111. The Hall–Kier alpha value is -3.22. The van der Waals surface area contributed by atoms with Gasteiger partial charge < -0.3 is 14.6 Å². The van der Waals surface area contributed by atoms with Gasteiger partial charge in [0.2, 0.25) is 11.8 Å². The summed E-state index contributed by atoms with van der Waals surface area (Å²) in [5, 5.41) is 2.45. The van der Waals surface area contributed by atoms with Gasteiger partial charge in [-0.25, -0.2) is 13.8 Å². The summed E-state index contributed by atoms with van der Waals surface area (Å²) in [6, 6.07) is 9.48. The Morgan fingerprint density at radius 1 is 1.15 bits per heavy atom. The zero-order chi connectivity index (χ0) is 18.8. The first-order chi connectivity index (χ1) is 13.1. The molecule has 0 aliphatic carbocycles. The molecule has 4 rings (SSSR count). The molecule has 0 spiro atoms. The fourth-order valence-corrected chi connectivity index (χ4v) is 3.17. The van der Waals surface area contributed by atoms with Crippen molar-refractivity contribution in [2.45, 2.75) is 12.8 Å². The Bertz CT molecular complexity index is 967. The SMILES string of the molecule is O=C(/C=C/c1nc2ccccc2o1)Nc1cc(F)c(N2CCCC2)c(F)c1. The van der Waals surface area contributed by atoms with Gasteiger partial charge in [-0.05, 0) is 37.1 Å². The van der Waals surface area contributed by atoms with Gasteiger partial charge in [0.25, 0.3) is 0 Å². The molecule has 0 radical (unpaired) electrons. The Labute approximate surface area is 154 Å². The zero-order valence-electron chi connectivity index (χ0n) is 14.4. The monoisotopic (exact) mass is 369 g/mol. The van der Waals surface area contributed by atoms with Gasteiger partial charge in [0, 0.05) is 30.9 Å². The van der Waals surface area contributed by atoms with Crippen LogP contribution in [-0.2, 0) is 4.79 Å². The number of para-hydroxylation sites is 2. The highest BCUT2D eigenvalue weighted by Crippen LogP contribution is 2.29. The van der Waals surface area contributed by atoms with Crippen molar-refractivity contribution in [2.24, 2.45) is 0 Å². The molecule has 2 heterocycles. The van der Waals surface area contributed by atoms with Crippen LogP contribution in [0, 0.1) is 11.6 Å². The molecular weight excluding hydrogens is 352 g/mol. The second-order valence-corrected chi connectivity index (χ2v) is 6.33. The molecule has 0 unspecified atom stereocenters. The molecule has 1 N–H and O–H groups in total. The summed E-state index contributed by atoms with van der Waals surface area (Å²) in [5.74, 6) is -1.64. The first-order valence-electron chi connectivity index (χ1n) is 8.69. The topological polar surface area (TPSA) is 58.4 Å². The van der Waals surface area contributed by atoms with Gasteiger partial charge in [0.05, 0.1) is 0 Å². The van der Waals surface area contributed by atoms with E-state index in [0.717, 1.165) is 25.0 Å². The van der Waals surface area contributed by atoms with Crippen LogP contribution in [0.15, 0.2) is 46.9 Å². The predicted octanol–water partition coefficient (Wildman–Crippen LogP) is 4.36. The molecule has 7 heteroatoms. The van der Waals surface area contributed by atoms with Gasteiger partial charge in [-0.15, -0.1) is 0 Å². The molecule has 27 heavy (non-hydrogen) atoms. The Morgan fingerprint density at radius 2 is 1.85 bits per heavy atom. The van der Waals surface area contributed by atoms with Crippen molar-refractivity contribution in [3.05, 3.63) is 60.0 Å². The van der Waals surface area contributed by atoms with Crippen LogP contribution < -0.4 is 10.2 Å². The molecule has 0 bridgehead atoms. The van der Waals surface area contributed by atoms with Crippen LogP contribution in [0.1, 0.15) is 18.7 Å². The van der Waals surface area contributed by atoms with E-state index in [4.69, 9.17) is 4.42 Å². The maximum atomic E-state index is 14.3. The van der Waals surface area contributed by atoms with Crippen LogP contribution in [0.4, 0.5) is 20.2 Å². The first-order valence-corrected chi connectivity index (χ1v) is 8.69. The minimum atomic E-state index is -0.685. The number of aromatic nitrogens is 1. The minimum absolute atomic E-state index is 0.0347. The van der Waals surface area contributed by atoms with Crippen molar-refractivity contribution in [1.82, 2.24) is 4.98 Å². The maximum Gasteiger partial charge on any atom is 0.248 e. The van der Waals surface area contributed by atoms with Crippen molar-refractivity contribution in [2.75, 3.05) is 23.3 Å². The van der Waals surface area contributed by atoms with Crippen LogP contribution in [0.3, 0.4) is 0 Å². The number of carbonyl (C=O) groups is 1. The summed E-state index contributed by atoms with van der Waals surface area (Å²) in [7, 11) is 0. The third-order valence-corrected chi connectivity index (χ3v) is 4.39. The first kappa shape index (κ1) is 17.2. The molecule has 0 saturated carbocycles. The number of carbonyl (C=O) groups excluding carboxylic acids is 1. The Balaban J connectivity index is 1.47. The van der Waals surface area contributed by atoms with Crippen LogP contribution in [-0.4, -0.2) is 24.0 Å². The summed E-state index contributed by atoms with van der Waals surface area (Å²) in [6.07, 6.45) is 4.44. The van der Waals surface area contributed by atoms with Crippen LogP contribution in [0.25, 0.3) is 17.2 Å². The Morgan fingerprint density at radius 3 is 2.56 bits per heavy atom. The van der Waals surface area contributed by atoms with E-state index in [2.05, 4.69) is 10.3 Å². The number of fused-ring (bicyclic) bond motifs is 1. The molecular formula is C20H17F2N3O2. The van der Waals surface area contributed by atoms with Crippen molar-refractivity contribution in [3.8, 4) is 0 Å². The Kier molecular flexibility index (Phi) is 4.58. The lowest BCUT2D eigenvalue weighted by Gasteiger charge is -2.19. The molecule has 1 aliphatic heterocycles. The van der Waals surface area contributed by atoms with Crippen LogP contribution >= 0.6 is 0 Å². The summed E-state index contributed by atoms with van der Waals surface area (Å²) in [4.78, 5) is 17.9. The largest absolute Gasteiger partial charge is 0.437 e. The lowest BCUT2D eigenvalue weighted by Crippen LogP contribution is -2.21. The third kappa shape index (κ3) is 3.67. The number of nitrogens with one attached hydrogen (secondary N) is 1. The average molecular weight is 369 g/mol. The van der Waals surface area contributed by atoms with Gasteiger partial charge in [-0.2, -0.15) is 0 Å². The van der Waals surface area contributed by atoms with E-state index in [1.807, 2.05) is 12.1 Å². The highest BCUT2D eigenvalue weighted by atomic mass is 19.1. The normalized spacial score (nSPS) is 14.4. The van der Waals surface area contributed by atoms with Gasteiger partial charge in [-0.1, -0.05) is 12.1 Å². The average Bonchev–Trinajstić information content (AvgIpc) is 3.28. The molecule has 1 fully saturated rings. The third-order valence-electron chi connectivity index (χ3n) is 4.39. The highest BCUT2D eigenvalue weighted by Gasteiger charge is 2.21. The number of benzene rings is 2. The lowest BCUT2D eigenvalue weighted by atomic mass is 10.2. The van der Waals surface area contributed by atoms with Crippen molar-refractivity contribution in [1.29, 1.82) is 0 Å². The summed E-state index contributed by atoms with van der Waals surface area (Å²) >= 11 is 0. The van der Waals surface area contributed by atoms with Crippen LogP contribution in [0.5, 0.6) is 0 Å². The summed E-state index contributed by atoms with van der Waals surface area (Å²) < 4.78 is 34.1. The molecule has 1 aliphatic rings. The van der Waals surface area contributed by atoms with Crippen molar-refractivity contribution >= 4 is 34.5 Å². The van der Waals surface area contributed by atoms with Crippen molar-refractivity contribution in [3.63, 3.8) is 0 Å². The number of amides is 1. The quantitative estimate of drug-likeness (QED) is 0.695. The van der Waals surface area contributed by atoms with Crippen molar-refractivity contribution < 1.29 is 18.0 Å². The van der Waals surface area contributed by atoms with E-state index in [0.29, 0.717) is 24.2 Å². The van der Waals surface area contributed by atoms with E-state index >= 15 is 0 Å². The van der Waals surface area contributed by atoms with Gasteiger partial charge in [-0.3, -0.25) is 4.79 Å². The maximum absolute atomic E-state index is 14.3.